The van der Waals surface area contributed by atoms with Crippen LogP contribution in [0.5, 0.6) is 0 Å². The summed E-state index contributed by atoms with van der Waals surface area (Å²) in [5.74, 6) is 0.128. The molecule has 0 aliphatic heterocycles. The number of benzene rings is 1. The van der Waals surface area contributed by atoms with Crippen molar-refractivity contribution in [3.05, 3.63) is 35.4 Å². The summed E-state index contributed by atoms with van der Waals surface area (Å²) in [6.07, 6.45) is 6.50. The number of hydrogen-bond donors (Lipinski definition) is 2. The van der Waals surface area contributed by atoms with Crippen LogP contribution in [0.1, 0.15) is 43.2 Å². The molecule has 1 aromatic carbocycles. The maximum Gasteiger partial charge on any atom is 0.224 e. The van der Waals surface area contributed by atoms with Gasteiger partial charge in [0.2, 0.25) is 5.91 Å². The van der Waals surface area contributed by atoms with E-state index in [1.54, 1.807) is 0 Å². The predicted molar refractivity (Wildman–Crippen MR) is 73.1 cm³/mol. The first-order valence-corrected chi connectivity index (χ1v) is 6.86. The first kappa shape index (κ1) is 13.1. The Hall–Kier alpha value is -1.35. The van der Waals surface area contributed by atoms with Gasteiger partial charge in [0.15, 0.2) is 0 Å². The van der Waals surface area contributed by atoms with Crippen molar-refractivity contribution in [2.24, 2.45) is 5.73 Å². The largest absolute Gasteiger partial charge is 0.353 e. The first-order valence-electron chi connectivity index (χ1n) is 6.86. The normalized spacial score (nSPS) is 16.5. The third-order valence-corrected chi connectivity index (χ3v) is 3.66. The molecule has 0 atom stereocenters. The molecule has 1 aromatic rings. The number of nitrogens with two attached hydrogens (primary N) is 1. The highest BCUT2D eigenvalue weighted by molar-refractivity contribution is 5.79. The summed E-state index contributed by atoms with van der Waals surface area (Å²) in [4.78, 5) is 12.0. The molecule has 1 fully saturated rings. The Morgan fingerprint density at radius 2 is 1.83 bits per heavy atom. The van der Waals surface area contributed by atoms with Crippen molar-refractivity contribution < 1.29 is 4.79 Å². The Labute approximate surface area is 109 Å². The molecule has 0 aromatic heterocycles. The zero-order valence-electron chi connectivity index (χ0n) is 10.8. The van der Waals surface area contributed by atoms with Crippen LogP contribution in [0.4, 0.5) is 0 Å². The molecule has 0 bridgehead atoms. The molecule has 3 nitrogen and oxygen atoms in total. The molecule has 1 amide bonds. The second kappa shape index (κ2) is 6.55. The number of amides is 1. The van der Waals surface area contributed by atoms with Gasteiger partial charge >= 0.3 is 0 Å². The van der Waals surface area contributed by atoms with Gasteiger partial charge in [-0.1, -0.05) is 43.5 Å². The lowest BCUT2D eigenvalue weighted by Gasteiger charge is -2.23. The lowest BCUT2D eigenvalue weighted by Crippen LogP contribution is -2.37. The van der Waals surface area contributed by atoms with Crippen LogP contribution in [0.3, 0.4) is 0 Å². The highest BCUT2D eigenvalue weighted by Crippen LogP contribution is 2.17. The summed E-state index contributed by atoms with van der Waals surface area (Å²) in [6.45, 7) is 0.493. The number of carbonyl (C=O) groups is 1. The fraction of sp³-hybridized carbons (Fsp3) is 0.533. The smallest absolute Gasteiger partial charge is 0.224 e. The summed E-state index contributed by atoms with van der Waals surface area (Å²) < 4.78 is 0. The molecule has 0 spiro atoms. The van der Waals surface area contributed by atoms with Gasteiger partial charge in [0.1, 0.15) is 0 Å². The molecule has 1 aliphatic carbocycles. The lowest BCUT2D eigenvalue weighted by molar-refractivity contribution is -0.121. The second-order valence-electron chi connectivity index (χ2n) is 5.05. The monoisotopic (exact) mass is 246 g/mol. The van der Waals surface area contributed by atoms with E-state index in [1.165, 1.54) is 19.3 Å². The Bertz CT molecular complexity index is 397. The number of hydrogen-bond acceptors (Lipinski definition) is 2. The predicted octanol–water partition coefficient (Wildman–Crippen LogP) is 2.14. The fourth-order valence-electron chi connectivity index (χ4n) is 2.63. The number of rotatable bonds is 4. The third kappa shape index (κ3) is 3.57. The van der Waals surface area contributed by atoms with Crippen molar-refractivity contribution in [1.29, 1.82) is 0 Å². The Kier molecular flexibility index (Phi) is 4.76. The van der Waals surface area contributed by atoms with Crippen molar-refractivity contribution in [2.75, 3.05) is 0 Å². The molecule has 3 heteroatoms. The minimum atomic E-state index is 0.128. The fourth-order valence-corrected chi connectivity index (χ4v) is 2.63. The van der Waals surface area contributed by atoms with Gasteiger partial charge in [0.25, 0.3) is 0 Å². The van der Waals surface area contributed by atoms with Crippen LogP contribution in [0.2, 0.25) is 0 Å². The molecule has 98 valence electrons. The highest BCUT2D eigenvalue weighted by Gasteiger charge is 2.16. The maximum atomic E-state index is 12.0. The van der Waals surface area contributed by atoms with Gasteiger partial charge in [0, 0.05) is 12.6 Å². The van der Waals surface area contributed by atoms with E-state index in [1.807, 2.05) is 24.3 Å². The lowest BCUT2D eigenvalue weighted by atomic mass is 9.95. The molecule has 0 heterocycles. The van der Waals surface area contributed by atoms with Crippen LogP contribution in [0, 0.1) is 0 Å². The van der Waals surface area contributed by atoms with Gasteiger partial charge in [-0.25, -0.2) is 0 Å². The first-order chi connectivity index (χ1) is 8.79. The van der Waals surface area contributed by atoms with Crippen molar-refractivity contribution in [3.8, 4) is 0 Å². The van der Waals surface area contributed by atoms with Crippen LogP contribution in [0.25, 0.3) is 0 Å². The molecule has 0 saturated heterocycles. The van der Waals surface area contributed by atoms with Crippen molar-refractivity contribution >= 4 is 5.91 Å². The van der Waals surface area contributed by atoms with Gasteiger partial charge in [0.05, 0.1) is 6.42 Å². The summed E-state index contributed by atoms with van der Waals surface area (Å²) in [5, 5.41) is 3.14. The Balaban J connectivity index is 1.90. The van der Waals surface area contributed by atoms with Gasteiger partial charge in [-0.05, 0) is 24.0 Å². The zero-order valence-corrected chi connectivity index (χ0v) is 10.8. The molecule has 3 N–H and O–H groups in total. The second-order valence-corrected chi connectivity index (χ2v) is 5.05. The Morgan fingerprint density at radius 3 is 2.50 bits per heavy atom. The Morgan fingerprint density at radius 1 is 1.17 bits per heavy atom. The van der Waals surface area contributed by atoms with Crippen molar-refractivity contribution in [2.45, 2.75) is 51.1 Å². The van der Waals surface area contributed by atoms with Gasteiger partial charge in [-0.3, -0.25) is 4.79 Å². The van der Waals surface area contributed by atoms with E-state index in [4.69, 9.17) is 5.73 Å². The molecule has 0 unspecified atom stereocenters. The SMILES string of the molecule is NCc1ccccc1CC(=O)NC1CCCCC1. The molecular formula is C15H22N2O. The number of carbonyl (C=O) groups excluding carboxylic acids is 1. The van der Waals surface area contributed by atoms with Gasteiger partial charge in [-0.15, -0.1) is 0 Å². The molecule has 1 aliphatic rings. The molecule has 18 heavy (non-hydrogen) atoms. The number of nitrogens with one attached hydrogen (secondary N) is 1. The molecule has 1 saturated carbocycles. The van der Waals surface area contributed by atoms with E-state index in [-0.39, 0.29) is 5.91 Å². The summed E-state index contributed by atoms with van der Waals surface area (Å²) in [5.41, 5.74) is 7.79. The van der Waals surface area contributed by atoms with Crippen LogP contribution in [0.15, 0.2) is 24.3 Å². The molecule has 2 rings (SSSR count). The van der Waals surface area contributed by atoms with Crippen LogP contribution in [-0.4, -0.2) is 11.9 Å². The van der Waals surface area contributed by atoms with Crippen molar-refractivity contribution in [1.82, 2.24) is 5.32 Å². The van der Waals surface area contributed by atoms with E-state index in [9.17, 15) is 4.79 Å². The van der Waals surface area contributed by atoms with E-state index >= 15 is 0 Å². The summed E-state index contributed by atoms with van der Waals surface area (Å²) in [6, 6.07) is 8.29. The summed E-state index contributed by atoms with van der Waals surface area (Å²) in [7, 11) is 0. The van der Waals surface area contributed by atoms with E-state index in [0.29, 0.717) is 19.0 Å². The average molecular weight is 246 g/mol. The minimum Gasteiger partial charge on any atom is -0.353 e. The van der Waals surface area contributed by atoms with Crippen LogP contribution >= 0.6 is 0 Å². The summed E-state index contributed by atoms with van der Waals surface area (Å²) >= 11 is 0. The minimum absolute atomic E-state index is 0.128. The van der Waals surface area contributed by atoms with E-state index < -0.39 is 0 Å². The quantitative estimate of drug-likeness (QED) is 0.855. The topological polar surface area (TPSA) is 55.1 Å². The van der Waals surface area contributed by atoms with Crippen LogP contribution < -0.4 is 11.1 Å². The van der Waals surface area contributed by atoms with E-state index in [2.05, 4.69) is 5.32 Å². The highest BCUT2D eigenvalue weighted by atomic mass is 16.1. The van der Waals surface area contributed by atoms with Gasteiger partial charge in [-0.2, -0.15) is 0 Å². The van der Waals surface area contributed by atoms with Crippen molar-refractivity contribution in [3.63, 3.8) is 0 Å². The van der Waals surface area contributed by atoms with Crippen LogP contribution in [-0.2, 0) is 17.8 Å². The van der Waals surface area contributed by atoms with E-state index in [0.717, 1.165) is 24.0 Å². The third-order valence-electron chi connectivity index (χ3n) is 3.66. The maximum absolute atomic E-state index is 12.0. The van der Waals surface area contributed by atoms with Gasteiger partial charge < -0.3 is 11.1 Å². The zero-order chi connectivity index (χ0) is 12.8. The average Bonchev–Trinajstić information content (AvgIpc) is 2.40. The molecular weight excluding hydrogens is 224 g/mol. The standard InChI is InChI=1S/C15H22N2O/c16-11-13-7-5-4-6-12(13)10-15(18)17-14-8-2-1-3-9-14/h4-7,14H,1-3,8-11,16H2,(H,17,18). The molecule has 0 radical (unpaired) electrons.